The van der Waals surface area contributed by atoms with Crippen molar-refractivity contribution in [2.45, 2.75) is 19.0 Å². The van der Waals surface area contributed by atoms with Gasteiger partial charge >= 0.3 is 0 Å². The number of benzene rings is 2. The Kier molecular flexibility index (Phi) is 5.56. The summed E-state index contributed by atoms with van der Waals surface area (Å²) in [6.07, 6.45) is 0.895. The number of rotatable bonds is 7. The van der Waals surface area contributed by atoms with Crippen molar-refractivity contribution < 1.29 is 19.3 Å². The highest BCUT2D eigenvalue weighted by Gasteiger charge is 2.22. The zero-order valence-electron chi connectivity index (χ0n) is 13.8. The molecule has 0 aromatic heterocycles. The van der Waals surface area contributed by atoms with E-state index >= 15 is 0 Å². The lowest BCUT2D eigenvalue weighted by Gasteiger charge is -2.27. The molecule has 0 saturated carbocycles. The number of aliphatic hydroxyl groups is 1. The van der Waals surface area contributed by atoms with Crippen molar-refractivity contribution in [3.05, 3.63) is 53.6 Å². The first-order valence-corrected chi connectivity index (χ1v) is 8.15. The van der Waals surface area contributed by atoms with E-state index < -0.39 is 0 Å². The third-order valence-corrected chi connectivity index (χ3v) is 4.08. The quantitative estimate of drug-likeness (QED) is 0.815. The van der Waals surface area contributed by atoms with E-state index in [1.807, 2.05) is 36.4 Å². The average Bonchev–Trinajstić information content (AvgIpc) is 2.64. The molecule has 0 saturated heterocycles. The lowest BCUT2D eigenvalue weighted by atomic mass is 10.0. The minimum Gasteiger partial charge on any atom is -0.493 e. The van der Waals surface area contributed by atoms with Crippen molar-refractivity contribution >= 4 is 0 Å². The van der Waals surface area contributed by atoms with Crippen LogP contribution < -0.4 is 19.5 Å². The Balaban J connectivity index is 1.62. The largest absolute Gasteiger partial charge is 0.493 e. The molecule has 0 radical (unpaired) electrons. The number of aliphatic hydroxyl groups excluding tert-OH is 1. The Morgan fingerprint density at radius 3 is 2.83 bits per heavy atom. The SMILES string of the molecule is COc1cccc2c1OC[C@@H](NCc1ccccc1OCCO)C2. The van der Waals surface area contributed by atoms with Crippen LogP contribution in [0, 0.1) is 0 Å². The Bertz CT molecular complexity index is 674. The van der Waals surface area contributed by atoms with Gasteiger partial charge in [0.1, 0.15) is 19.0 Å². The van der Waals surface area contributed by atoms with Gasteiger partial charge in [0, 0.05) is 18.2 Å². The molecule has 0 fully saturated rings. The molecule has 5 heteroatoms. The van der Waals surface area contributed by atoms with Crippen molar-refractivity contribution in [2.75, 3.05) is 26.9 Å². The third kappa shape index (κ3) is 3.80. The molecule has 1 heterocycles. The van der Waals surface area contributed by atoms with Crippen LogP contribution in [-0.2, 0) is 13.0 Å². The molecule has 0 unspecified atom stereocenters. The van der Waals surface area contributed by atoms with Gasteiger partial charge in [0.25, 0.3) is 0 Å². The van der Waals surface area contributed by atoms with Gasteiger partial charge in [0.15, 0.2) is 11.5 Å². The van der Waals surface area contributed by atoms with Crippen LogP contribution in [0.15, 0.2) is 42.5 Å². The lowest BCUT2D eigenvalue weighted by molar-refractivity contribution is 0.199. The number of para-hydroxylation sites is 2. The fraction of sp³-hybridized carbons (Fsp3) is 0.368. The molecule has 1 aliphatic rings. The number of ether oxygens (including phenoxy) is 3. The summed E-state index contributed by atoms with van der Waals surface area (Å²) in [6, 6.07) is 14.1. The molecule has 0 aliphatic carbocycles. The van der Waals surface area contributed by atoms with E-state index in [4.69, 9.17) is 19.3 Å². The van der Waals surface area contributed by atoms with Gasteiger partial charge in [0.05, 0.1) is 13.7 Å². The molecule has 2 aromatic rings. The van der Waals surface area contributed by atoms with Crippen LogP contribution in [0.4, 0.5) is 0 Å². The van der Waals surface area contributed by atoms with Crippen LogP contribution in [0.2, 0.25) is 0 Å². The number of methoxy groups -OCH3 is 1. The molecule has 5 nitrogen and oxygen atoms in total. The Labute approximate surface area is 142 Å². The zero-order chi connectivity index (χ0) is 16.8. The molecule has 0 amide bonds. The Morgan fingerprint density at radius 1 is 1.17 bits per heavy atom. The second-order valence-electron chi connectivity index (χ2n) is 5.72. The van der Waals surface area contributed by atoms with E-state index in [0.717, 1.165) is 34.8 Å². The molecule has 2 aromatic carbocycles. The standard InChI is InChI=1S/C19H23NO4/c1-22-18-8-4-6-14-11-16(13-24-19(14)18)20-12-15-5-2-3-7-17(15)23-10-9-21/h2-8,16,20-21H,9-13H2,1H3/t16-/m0/s1. The monoisotopic (exact) mass is 329 g/mol. The van der Waals surface area contributed by atoms with Crippen LogP contribution in [-0.4, -0.2) is 38.1 Å². The normalized spacial score (nSPS) is 16.2. The van der Waals surface area contributed by atoms with Crippen molar-refractivity contribution in [1.82, 2.24) is 5.32 Å². The minimum absolute atomic E-state index is 0.0108. The van der Waals surface area contributed by atoms with Gasteiger partial charge in [-0.3, -0.25) is 0 Å². The topological polar surface area (TPSA) is 60.0 Å². The van der Waals surface area contributed by atoms with E-state index in [2.05, 4.69) is 11.4 Å². The summed E-state index contributed by atoms with van der Waals surface area (Å²) in [5, 5.41) is 12.4. The van der Waals surface area contributed by atoms with Gasteiger partial charge in [0.2, 0.25) is 0 Å². The minimum atomic E-state index is 0.0108. The number of nitrogens with one attached hydrogen (secondary N) is 1. The van der Waals surface area contributed by atoms with E-state index in [0.29, 0.717) is 19.8 Å². The molecular weight excluding hydrogens is 306 g/mol. The Morgan fingerprint density at radius 2 is 2.00 bits per heavy atom. The first-order chi connectivity index (χ1) is 11.8. The Hall–Kier alpha value is -2.24. The van der Waals surface area contributed by atoms with Gasteiger partial charge in [-0.25, -0.2) is 0 Å². The lowest BCUT2D eigenvalue weighted by Crippen LogP contribution is -2.39. The van der Waals surface area contributed by atoms with E-state index in [1.165, 1.54) is 0 Å². The van der Waals surface area contributed by atoms with Crippen molar-refractivity contribution in [3.63, 3.8) is 0 Å². The third-order valence-electron chi connectivity index (χ3n) is 4.08. The maximum atomic E-state index is 8.92. The second-order valence-corrected chi connectivity index (χ2v) is 5.72. The van der Waals surface area contributed by atoms with Gasteiger partial charge in [-0.15, -0.1) is 0 Å². The van der Waals surface area contributed by atoms with E-state index in [1.54, 1.807) is 7.11 Å². The van der Waals surface area contributed by atoms with Crippen LogP contribution in [0.3, 0.4) is 0 Å². The molecule has 1 atom stereocenters. The summed E-state index contributed by atoms with van der Waals surface area (Å²) in [4.78, 5) is 0. The van der Waals surface area contributed by atoms with Gasteiger partial charge in [-0.1, -0.05) is 30.3 Å². The smallest absolute Gasteiger partial charge is 0.164 e. The summed E-state index contributed by atoms with van der Waals surface area (Å²) in [5.74, 6) is 2.44. The molecular formula is C19H23NO4. The summed E-state index contributed by atoms with van der Waals surface area (Å²) in [7, 11) is 1.66. The first kappa shape index (κ1) is 16.6. The predicted molar refractivity (Wildman–Crippen MR) is 91.8 cm³/mol. The van der Waals surface area contributed by atoms with Gasteiger partial charge in [-0.2, -0.15) is 0 Å². The summed E-state index contributed by atoms with van der Waals surface area (Å²) >= 11 is 0. The zero-order valence-corrected chi connectivity index (χ0v) is 13.8. The second kappa shape index (κ2) is 8.04. The van der Waals surface area contributed by atoms with Gasteiger partial charge < -0.3 is 24.6 Å². The fourth-order valence-electron chi connectivity index (χ4n) is 2.89. The summed E-state index contributed by atoms with van der Waals surface area (Å²) in [6.45, 7) is 1.61. The average molecular weight is 329 g/mol. The highest BCUT2D eigenvalue weighted by atomic mass is 16.5. The van der Waals surface area contributed by atoms with Crippen LogP contribution in [0.25, 0.3) is 0 Å². The molecule has 128 valence electrons. The molecule has 2 N–H and O–H groups in total. The van der Waals surface area contributed by atoms with E-state index in [-0.39, 0.29) is 12.6 Å². The fourth-order valence-corrected chi connectivity index (χ4v) is 2.89. The summed E-state index contributed by atoms with van der Waals surface area (Å²) < 4.78 is 16.8. The maximum Gasteiger partial charge on any atom is 0.164 e. The molecule has 0 spiro atoms. The van der Waals surface area contributed by atoms with Crippen LogP contribution in [0.5, 0.6) is 17.2 Å². The number of fused-ring (bicyclic) bond motifs is 1. The first-order valence-electron chi connectivity index (χ1n) is 8.15. The number of hydrogen-bond donors (Lipinski definition) is 2. The van der Waals surface area contributed by atoms with E-state index in [9.17, 15) is 0 Å². The highest BCUT2D eigenvalue weighted by Crippen LogP contribution is 2.34. The van der Waals surface area contributed by atoms with Crippen molar-refractivity contribution in [1.29, 1.82) is 0 Å². The molecule has 1 aliphatic heterocycles. The highest BCUT2D eigenvalue weighted by molar-refractivity contribution is 5.48. The molecule has 24 heavy (non-hydrogen) atoms. The van der Waals surface area contributed by atoms with Crippen molar-refractivity contribution in [2.24, 2.45) is 0 Å². The van der Waals surface area contributed by atoms with Crippen molar-refractivity contribution in [3.8, 4) is 17.2 Å². The summed E-state index contributed by atoms with van der Waals surface area (Å²) in [5.41, 5.74) is 2.23. The predicted octanol–water partition coefficient (Wildman–Crippen LogP) is 2.16. The molecule has 0 bridgehead atoms. The maximum absolute atomic E-state index is 8.92. The molecule has 3 rings (SSSR count). The van der Waals surface area contributed by atoms with Gasteiger partial charge in [-0.05, 0) is 24.1 Å². The number of hydrogen-bond acceptors (Lipinski definition) is 5. The van der Waals surface area contributed by atoms with Crippen LogP contribution >= 0.6 is 0 Å². The van der Waals surface area contributed by atoms with Crippen LogP contribution in [0.1, 0.15) is 11.1 Å².